The third kappa shape index (κ3) is 6.50. The van der Waals surface area contributed by atoms with Crippen LogP contribution in [-0.2, 0) is 0 Å². The molecule has 0 heterocycles. The van der Waals surface area contributed by atoms with E-state index in [2.05, 4.69) is 77.1 Å². The van der Waals surface area contributed by atoms with Gasteiger partial charge in [-0.05, 0) is 141 Å². The summed E-state index contributed by atoms with van der Waals surface area (Å²) < 4.78 is 11.6. The highest BCUT2D eigenvalue weighted by Gasteiger charge is 2.40. The van der Waals surface area contributed by atoms with Crippen LogP contribution in [0.1, 0.15) is 93.4 Å². The molecule has 0 spiro atoms. The normalized spacial score (nSPS) is 21.0. The Morgan fingerprint density at radius 3 is 1.46 bits per heavy atom. The van der Waals surface area contributed by atoms with Crippen molar-refractivity contribution in [1.29, 1.82) is 0 Å². The van der Waals surface area contributed by atoms with Crippen LogP contribution in [0.4, 0.5) is 0 Å². The van der Waals surface area contributed by atoms with Gasteiger partial charge in [0.15, 0.2) is 0 Å². The minimum atomic E-state index is -0.685. The van der Waals surface area contributed by atoms with E-state index in [-0.39, 0.29) is 7.92 Å². The Morgan fingerprint density at radius 1 is 0.659 bits per heavy atom. The molecule has 2 nitrogen and oxygen atoms in total. The van der Waals surface area contributed by atoms with E-state index in [1.807, 2.05) is 0 Å². The van der Waals surface area contributed by atoms with E-state index in [0.29, 0.717) is 5.92 Å². The summed E-state index contributed by atoms with van der Waals surface area (Å²) in [4.78, 5) is 0. The lowest BCUT2D eigenvalue weighted by atomic mass is 9.99. The van der Waals surface area contributed by atoms with Gasteiger partial charge in [0.2, 0.25) is 0 Å². The molecule has 222 valence electrons. The molecule has 0 N–H and O–H groups in total. The van der Waals surface area contributed by atoms with E-state index < -0.39 is 7.92 Å². The van der Waals surface area contributed by atoms with Crippen LogP contribution in [-0.4, -0.2) is 31.2 Å². The quantitative estimate of drug-likeness (QED) is 0.271. The van der Waals surface area contributed by atoms with E-state index in [4.69, 9.17) is 9.47 Å². The fraction of sp³-hybridized carbons (Fsp3) is 0.568. The molecule has 2 aromatic rings. The second-order valence-electron chi connectivity index (χ2n) is 12.8. The molecule has 2 atom stereocenters. The van der Waals surface area contributed by atoms with Crippen molar-refractivity contribution in [3.05, 3.63) is 70.1 Å². The lowest BCUT2D eigenvalue weighted by Gasteiger charge is -2.44. The molecule has 1 unspecified atom stereocenters. The van der Waals surface area contributed by atoms with E-state index in [0.717, 1.165) is 28.5 Å². The molecule has 0 aromatic heterocycles. The SMILES string of the molecule is COc1c(C)cc(P(C2=CC=CC2[C@@H](C)P(C2CCCCC2)C2CCCCC2)c2cc(C)c(OC)c(C)c2)cc1C. The summed E-state index contributed by atoms with van der Waals surface area (Å²) in [5.41, 5.74) is 7.61. The highest BCUT2D eigenvalue weighted by molar-refractivity contribution is 7.77. The second-order valence-corrected chi connectivity index (χ2v) is 18.2. The van der Waals surface area contributed by atoms with Crippen molar-refractivity contribution >= 4 is 26.5 Å². The van der Waals surface area contributed by atoms with E-state index in [9.17, 15) is 0 Å². The molecular formula is C37H52O2P2. The lowest BCUT2D eigenvalue weighted by Crippen LogP contribution is -2.30. The van der Waals surface area contributed by atoms with Crippen molar-refractivity contribution in [2.24, 2.45) is 5.92 Å². The first-order chi connectivity index (χ1) is 19.8. The Balaban J connectivity index is 1.58. The van der Waals surface area contributed by atoms with Crippen molar-refractivity contribution in [2.45, 2.75) is 116 Å². The number of allylic oxidation sites excluding steroid dienone is 4. The highest BCUT2D eigenvalue weighted by Crippen LogP contribution is 2.64. The zero-order valence-electron chi connectivity index (χ0n) is 26.6. The Hall–Kier alpha value is -1.62. The molecule has 5 rings (SSSR count). The van der Waals surface area contributed by atoms with Crippen LogP contribution in [0.25, 0.3) is 0 Å². The molecule has 0 radical (unpaired) electrons. The summed E-state index contributed by atoms with van der Waals surface area (Å²) in [5, 5.41) is 4.55. The van der Waals surface area contributed by atoms with Gasteiger partial charge < -0.3 is 9.47 Å². The molecular weight excluding hydrogens is 538 g/mol. The maximum Gasteiger partial charge on any atom is 0.124 e. The molecule has 3 aliphatic rings. The molecule has 0 saturated heterocycles. The number of rotatable bonds is 9. The largest absolute Gasteiger partial charge is 0.496 e. The Labute approximate surface area is 252 Å². The fourth-order valence-corrected chi connectivity index (χ4v) is 15.9. The monoisotopic (exact) mass is 590 g/mol. The molecule has 3 aliphatic carbocycles. The van der Waals surface area contributed by atoms with Crippen LogP contribution < -0.4 is 20.1 Å². The molecule has 2 saturated carbocycles. The van der Waals surface area contributed by atoms with Gasteiger partial charge in [-0.3, -0.25) is 0 Å². The first kappa shape index (κ1) is 30.8. The molecule has 0 aliphatic heterocycles. The highest BCUT2D eigenvalue weighted by atomic mass is 31.1. The van der Waals surface area contributed by atoms with Crippen LogP contribution in [0.3, 0.4) is 0 Å². The summed E-state index contributed by atoms with van der Waals surface area (Å²) in [6.07, 6.45) is 22.1. The van der Waals surface area contributed by atoms with Crippen LogP contribution >= 0.6 is 15.8 Å². The Kier molecular flexibility index (Phi) is 10.4. The van der Waals surface area contributed by atoms with Gasteiger partial charge in [-0.1, -0.05) is 71.6 Å². The maximum absolute atomic E-state index is 5.80. The van der Waals surface area contributed by atoms with Gasteiger partial charge in [0.25, 0.3) is 0 Å². The molecule has 4 heteroatoms. The third-order valence-electron chi connectivity index (χ3n) is 9.98. The smallest absolute Gasteiger partial charge is 0.124 e. The van der Waals surface area contributed by atoms with Gasteiger partial charge in [0.1, 0.15) is 11.5 Å². The van der Waals surface area contributed by atoms with Gasteiger partial charge in [-0.25, -0.2) is 0 Å². The van der Waals surface area contributed by atoms with Crippen LogP contribution in [0, 0.1) is 33.6 Å². The van der Waals surface area contributed by atoms with Crippen molar-refractivity contribution in [1.82, 2.24) is 0 Å². The Bertz CT molecular complexity index is 1140. The number of hydrogen-bond donors (Lipinski definition) is 0. The third-order valence-corrected chi connectivity index (χ3v) is 16.5. The average molecular weight is 591 g/mol. The zero-order chi connectivity index (χ0) is 29.1. The number of methoxy groups -OCH3 is 2. The first-order valence-corrected chi connectivity index (χ1v) is 19.0. The minimum absolute atomic E-state index is 0.0206. The predicted molar refractivity (Wildman–Crippen MR) is 182 cm³/mol. The molecule has 41 heavy (non-hydrogen) atoms. The summed E-state index contributed by atoms with van der Waals surface area (Å²) in [7, 11) is 2.89. The fourth-order valence-electron chi connectivity index (χ4n) is 8.23. The van der Waals surface area contributed by atoms with Crippen LogP contribution in [0.5, 0.6) is 11.5 Å². The zero-order valence-corrected chi connectivity index (χ0v) is 28.4. The molecule has 0 amide bonds. The van der Waals surface area contributed by atoms with E-state index >= 15 is 0 Å². The van der Waals surface area contributed by atoms with Crippen LogP contribution in [0.2, 0.25) is 0 Å². The van der Waals surface area contributed by atoms with Crippen molar-refractivity contribution in [3.8, 4) is 11.5 Å². The number of ether oxygens (including phenoxy) is 2. The predicted octanol–water partition coefficient (Wildman–Crippen LogP) is 9.98. The van der Waals surface area contributed by atoms with Gasteiger partial charge in [-0.2, -0.15) is 0 Å². The second kappa shape index (κ2) is 13.8. The van der Waals surface area contributed by atoms with Crippen LogP contribution in [0.15, 0.2) is 47.8 Å². The summed E-state index contributed by atoms with van der Waals surface area (Å²) in [5.74, 6) is 2.57. The first-order valence-electron chi connectivity index (χ1n) is 16.1. The van der Waals surface area contributed by atoms with Crippen molar-refractivity contribution in [3.63, 3.8) is 0 Å². The van der Waals surface area contributed by atoms with Gasteiger partial charge in [0, 0.05) is 5.92 Å². The molecule has 0 bridgehead atoms. The Morgan fingerprint density at radius 2 is 1.07 bits per heavy atom. The van der Waals surface area contributed by atoms with Gasteiger partial charge >= 0.3 is 0 Å². The van der Waals surface area contributed by atoms with E-state index in [1.165, 1.54) is 97.1 Å². The maximum atomic E-state index is 5.80. The summed E-state index contributed by atoms with van der Waals surface area (Å²) in [6, 6.07) is 9.66. The minimum Gasteiger partial charge on any atom is -0.496 e. The van der Waals surface area contributed by atoms with Crippen molar-refractivity contribution < 1.29 is 9.47 Å². The number of aryl methyl sites for hydroxylation is 4. The summed E-state index contributed by atoms with van der Waals surface area (Å²) in [6.45, 7) is 11.5. The average Bonchev–Trinajstić information content (AvgIpc) is 3.44. The lowest BCUT2D eigenvalue weighted by molar-refractivity contribution is 0.408. The van der Waals surface area contributed by atoms with Gasteiger partial charge in [-0.15, -0.1) is 0 Å². The van der Waals surface area contributed by atoms with Gasteiger partial charge in [0.05, 0.1) is 14.2 Å². The van der Waals surface area contributed by atoms with Crippen molar-refractivity contribution in [2.75, 3.05) is 14.2 Å². The summed E-state index contributed by atoms with van der Waals surface area (Å²) >= 11 is 0. The number of hydrogen-bond acceptors (Lipinski definition) is 2. The topological polar surface area (TPSA) is 18.5 Å². The van der Waals surface area contributed by atoms with E-state index in [1.54, 1.807) is 19.5 Å². The molecule has 2 aromatic carbocycles. The number of benzene rings is 2. The molecule has 2 fully saturated rings. The standard InChI is InChI=1S/C37H52O2P2/c1-25-21-32(22-26(2)36(25)38-6)41(33-23-27(3)37(39-7)28(4)24-33)35-20-14-19-34(35)29(5)40(30-15-10-8-11-16-30)31-17-12-9-13-18-31/h14,19-24,29-31,34H,8-13,15-18H2,1-7H3/t29-,34?/m1/s1.